The maximum Gasteiger partial charge on any atom is -0.00960 e. The summed E-state index contributed by atoms with van der Waals surface area (Å²) in [6.45, 7) is 9.17. The fourth-order valence-electron chi connectivity index (χ4n) is 3.90. The van der Waals surface area contributed by atoms with E-state index in [2.05, 4.69) is 76.2 Å². The number of hydrogen-bond acceptors (Lipinski definition) is 0. The zero-order valence-corrected chi connectivity index (χ0v) is 17.3. The molecule has 0 aliphatic carbocycles. The second-order valence-corrected chi connectivity index (χ2v) is 7.57. The molecule has 0 heterocycles. The van der Waals surface area contributed by atoms with E-state index in [9.17, 15) is 0 Å². The molecule has 0 bridgehead atoms. The van der Waals surface area contributed by atoms with Crippen LogP contribution in [0.3, 0.4) is 0 Å². The average Bonchev–Trinajstić information content (AvgIpc) is 2.70. The summed E-state index contributed by atoms with van der Waals surface area (Å²) in [6, 6.07) is 20.3. The van der Waals surface area contributed by atoms with Crippen molar-refractivity contribution in [3.8, 4) is 11.1 Å². The third-order valence-corrected chi connectivity index (χ3v) is 5.68. The lowest BCUT2D eigenvalue weighted by Crippen LogP contribution is -1.99. The molecule has 2 radical (unpaired) electrons. The van der Waals surface area contributed by atoms with Crippen LogP contribution in [0.2, 0.25) is 0 Å². The Kier molecular flexibility index (Phi) is 8.95. The highest BCUT2D eigenvalue weighted by Gasteiger charge is 2.12. The maximum atomic E-state index is 3.46. The molecular formula is C26H36. The minimum absolute atomic E-state index is 0.666. The highest BCUT2D eigenvalue weighted by atomic mass is 14.2. The first kappa shape index (κ1) is 20.7. The molecule has 2 aromatic rings. The van der Waals surface area contributed by atoms with Crippen molar-refractivity contribution in [3.63, 3.8) is 0 Å². The predicted octanol–water partition coefficient (Wildman–Crippen LogP) is 8.32. The van der Waals surface area contributed by atoms with Gasteiger partial charge in [0.15, 0.2) is 0 Å². The van der Waals surface area contributed by atoms with E-state index in [0.717, 1.165) is 0 Å². The first-order chi connectivity index (χ1) is 12.7. The van der Waals surface area contributed by atoms with E-state index < -0.39 is 0 Å². The molecule has 0 N–H and O–H groups in total. The Morgan fingerprint density at radius 2 is 1.12 bits per heavy atom. The van der Waals surface area contributed by atoms with Gasteiger partial charge in [0.05, 0.1) is 0 Å². The molecule has 0 spiro atoms. The van der Waals surface area contributed by atoms with Crippen molar-refractivity contribution in [1.29, 1.82) is 0 Å². The quantitative estimate of drug-likeness (QED) is 0.383. The summed E-state index contributed by atoms with van der Waals surface area (Å²) in [5.74, 6) is 1.33. The standard InChI is InChI=1S/C26H36/c1-5-9-13-21(7-3)23-15-11-17-25(19-23)26-18-12-16-24(20-26)22(8-4)14-10-6-2/h11-12,15-16,19-22H,5-10,13-14H2,1-4H3. The Morgan fingerprint density at radius 3 is 1.46 bits per heavy atom. The second kappa shape index (κ2) is 11.2. The zero-order valence-electron chi connectivity index (χ0n) is 17.3. The molecule has 2 unspecified atom stereocenters. The van der Waals surface area contributed by atoms with E-state index in [0.29, 0.717) is 11.8 Å². The van der Waals surface area contributed by atoms with Crippen molar-refractivity contribution in [1.82, 2.24) is 0 Å². The smallest absolute Gasteiger partial charge is 0.00960 e. The van der Waals surface area contributed by atoms with Gasteiger partial charge in [-0.3, -0.25) is 0 Å². The summed E-state index contributed by atoms with van der Waals surface area (Å²) in [5, 5.41) is 0. The molecule has 140 valence electrons. The lowest BCUT2D eigenvalue weighted by Gasteiger charge is -2.18. The van der Waals surface area contributed by atoms with Crippen LogP contribution in [0.1, 0.15) is 102 Å². The minimum atomic E-state index is 0.666. The van der Waals surface area contributed by atoms with E-state index >= 15 is 0 Å². The van der Waals surface area contributed by atoms with Crippen molar-refractivity contribution in [2.24, 2.45) is 0 Å². The fourth-order valence-corrected chi connectivity index (χ4v) is 3.90. The summed E-state index contributed by atoms with van der Waals surface area (Å²) in [6.07, 6.45) is 10.2. The molecular weight excluding hydrogens is 312 g/mol. The van der Waals surface area contributed by atoms with Crippen LogP contribution >= 0.6 is 0 Å². The van der Waals surface area contributed by atoms with Crippen molar-refractivity contribution in [3.05, 3.63) is 59.7 Å². The fraction of sp³-hybridized carbons (Fsp3) is 0.538. The van der Waals surface area contributed by atoms with E-state index in [1.807, 2.05) is 0 Å². The Labute approximate surface area is 162 Å². The number of benzene rings is 2. The maximum absolute atomic E-state index is 3.46. The van der Waals surface area contributed by atoms with Crippen LogP contribution in [0.5, 0.6) is 0 Å². The topological polar surface area (TPSA) is 0 Å². The number of rotatable bonds is 11. The number of unbranched alkanes of at least 4 members (excludes halogenated alkanes) is 2. The van der Waals surface area contributed by atoms with Gasteiger partial charge in [-0.2, -0.15) is 0 Å². The first-order valence-electron chi connectivity index (χ1n) is 10.8. The molecule has 26 heavy (non-hydrogen) atoms. The lowest BCUT2D eigenvalue weighted by molar-refractivity contribution is 0.569. The van der Waals surface area contributed by atoms with Crippen molar-refractivity contribution in [2.75, 3.05) is 0 Å². The molecule has 0 aliphatic heterocycles. The van der Waals surface area contributed by atoms with Crippen molar-refractivity contribution >= 4 is 0 Å². The van der Waals surface area contributed by atoms with Crippen LogP contribution in [-0.4, -0.2) is 0 Å². The van der Waals surface area contributed by atoms with Gasteiger partial charge in [0.2, 0.25) is 0 Å². The molecule has 0 heteroatoms. The van der Waals surface area contributed by atoms with Gasteiger partial charge in [-0.25, -0.2) is 0 Å². The van der Waals surface area contributed by atoms with Gasteiger partial charge in [-0.05, 0) is 71.9 Å². The van der Waals surface area contributed by atoms with Gasteiger partial charge in [-0.15, -0.1) is 0 Å². The molecule has 2 rings (SSSR count). The summed E-state index contributed by atoms with van der Waals surface area (Å²) < 4.78 is 0. The van der Waals surface area contributed by atoms with Crippen LogP contribution < -0.4 is 0 Å². The molecule has 2 aromatic carbocycles. The normalized spacial score (nSPS) is 13.5. The predicted molar refractivity (Wildman–Crippen MR) is 115 cm³/mol. The zero-order chi connectivity index (χ0) is 18.8. The third-order valence-electron chi connectivity index (χ3n) is 5.68. The van der Waals surface area contributed by atoms with Crippen LogP contribution in [0.25, 0.3) is 11.1 Å². The second-order valence-electron chi connectivity index (χ2n) is 7.57. The Morgan fingerprint density at radius 1 is 0.692 bits per heavy atom. The summed E-state index contributed by atoms with van der Waals surface area (Å²) >= 11 is 0. The van der Waals surface area contributed by atoms with Gasteiger partial charge in [0, 0.05) is 0 Å². The lowest BCUT2D eigenvalue weighted by atomic mass is 9.87. The van der Waals surface area contributed by atoms with Gasteiger partial charge in [-0.1, -0.05) is 89.8 Å². The van der Waals surface area contributed by atoms with Gasteiger partial charge in [0.25, 0.3) is 0 Å². The van der Waals surface area contributed by atoms with E-state index in [-0.39, 0.29) is 0 Å². The molecule has 0 nitrogen and oxygen atoms in total. The molecule has 0 saturated carbocycles. The molecule has 0 fully saturated rings. The number of hydrogen-bond donors (Lipinski definition) is 0. The van der Waals surface area contributed by atoms with Gasteiger partial charge in [0.1, 0.15) is 0 Å². The van der Waals surface area contributed by atoms with Crippen molar-refractivity contribution < 1.29 is 0 Å². The molecule has 0 aromatic heterocycles. The van der Waals surface area contributed by atoms with Crippen LogP contribution in [0.4, 0.5) is 0 Å². The Hall–Kier alpha value is -1.56. The average molecular weight is 349 g/mol. The summed E-state index contributed by atoms with van der Waals surface area (Å²) in [4.78, 5) is 0. The SMILES string of the molecule is CCCCC(CC)c1cc[c]c(-c2[c]ccc(C(CC)CCCC)c2)c1. The highest BCUT2D eigenvalue weighted by molar-refractivity contribution is 5.64. The molecule has 2 atom stereocenters. The van der Waals surface area contributed by atoms with Crippen LogP contribution in [-0.2, 0) is 0 Å². The summed E-state index contributed by atoms with van der Waals surface area (Å²) in [5.41, 5.74) is 5.33. The first-order valence-corrected chi connectivity index (χ1v) is 10.8. The van der Waals surface area contributed by atoms with Crippen LogP contribution in [0.15, 0.2) is 36.4 Å². The monoisotopic (exact) mass is 348 g/mol. The van der Waals surface area contributed by atoms with Gasteiger partial charge < -0.3 is 0 Å². The third kappa shape index (κ3) is 5.73. The largest absolute Gasteiger partial charge is 0.0654 e. The molecule has 0 amide bonds. The van der Waals surface area contributed by atoms with E-state index in [4.69, 9.17) is 0 Å². The summed E-state index contributed by atoms with van der Waals surface area (Å²) in [7, 11) is 0. The van der Waals surface area contributed by atoms with Crippen molar-refractivity contribution in [2.45, 2.75) is 90.9 Å². The molecule has 0 aliphatic rings. The highest BCUT2D eigenvalue weighted by Crippen LogP contribution is 2.32. The van der Waals surface area contributed by atoms with Gasteiger partial charge >= 0.3 is 0 Å². The molecule has 0 saturated heterocycles. The Balaban J connectivity index is 2.25. The van der Waals surface area contributed by atoms with Crippen LogP contribution in [0, 0.1) is 12.1 Å². The van der Waals surface area contributed by atoms with E-state index in [1.54, 1.807) is 0 Å². The van der Waals surface area contributed by atoms with E-state index in [1.165, 1.54) is 73.6 Å². The minimum Gasteiger partial charge on any atom is -0.0654 e. The Bertz CT molecular complexity index is 582.